The number of hydrogen-bond donors (Lipinski definition) is 1. The van der Waals surface area contributed by atoms with Crippen LogP contribution in [0.3, 0.4) is 0 Å². The zero-order valence-corrected chi connectivity index (χ0v) is 8.45. The molecule has 0 radical (unpaired) electrons. The van der Waals surface area contributed by atoms with E-state index >= 15 is 0 Å². The summed E-state index contributed by atoms with van der Waals surface area (Å²) in [7, 11) is 0. The average Bonchev–Trinajstić information content (AvgIpc) is 2.62. The molecule has 1 N–H and O–H groups in total. The van der Waals surface area contributed by atoms with E-state index in [2.05, 4.69) is 15.1 Å². The maximum atomic E-state index is 11.2. The molecule has 0 bridgehead atoms. The van der Waals surface area contributed by atoms with Gasteiger partial charge in [0.15, 0.2) is 0 Å². The number of carbonyl (C=O) groups is 3. The predicted octanol–water partition coefficient (Wildman–Crippen LogP) is 0.0665. The number of amides is 1. The van der Waals surface area contributed by atoms with E-state index in [1.807, 2.05) is 0 Å². The predicted molar refractivity (Wildman–Crippen MR) is 48.3 cm³/mol. The van der Waals surface area contributed by atoms with Crippen LogP contribution in [0.4, 0.5) is 0 Å². The summed E-state index contributed by atoms with van der Waals surface area (Å²) in [5, 5.41) is 2.40. The van der Waals surface area contributed by atoms with Crippen molar-refractivity contribution in [1.82, 2.24) is 5.32 Å². The van der Waals surface area contributed by atoms with Gasteiger partial charge in [0, 0.05) is 12.8 Å². The molecule has 1 fully saturated rings. The van der Waals surface area contributed by atoms with Crippen molar-refractivity contribution in [2.75, 3.05) is 0 Å². The van der Waals surface area contributed by atoms with E-state index in [9.17, 15) is 14.4 Å². The van der Waals surface area contributed by atoms with Crippen LogP contribution in [0.2, 0.25) is 0 Å². The Kier molecular flexibility index (Phi) is 4.08. The summed E-state index contributed by atoms with van der Waals surface area (Å²) < 4.78 is 0. The van der Waals surface area contributed by atoms with Crippen molar-refractivity contribution in [3.63, 3.8) is 0 Å². The highest BCUT2D eigenvalue weighted by Gasteiger charge is 2.30. The molecule has 1 saturated heterocycles. The summed E-state index contributed by atoms with van der Waals surface area (Å²) in [5.74, 6) is -1.52. The average molecular weight is 215 g/mol. The number of rotatable bonds is 3. The molecule has 1 amide bonds. The molecule has 0 aromatic carbocycles. The van der Waals surface area contributed by atoms with Gasteiger partial charge < -0.3 is 5.32 Å². The van der Waals surface area contributed by atoms with Gasteiger partial charge in [0.2, 0.25) is 5.91 Å². The van der Waals surface area contributed by atoms with Gasteiger partial charge in [-0.3, -0.25) is 4.79 Å². The van der Waals surface area contributed by atoms with Crippen molar-refractivity contribution < 1.29 is 24.2 Å². The summed E-state index contributed by atoms with van der Waals surface area (Å²) >= 11 is 0. The summed E-state index contributed by atoms with van der Waals surface area (Å²) in [4.78, 5) is 41.3. The summed E-state index contributed by atoms with van der Waals surface area (Å²) in [5.41, 5.74) is 0. The van der Waals surface area contributed by atoms with Gasteiger partial charge in [-0.25, -0.2) is 19.4 Å². The molecule has 0 aromatic heterocycles. The van der Waals surface area contributed by atoms with Crippen LogP contribution in [-0.4, -0.2) is 23.9 Å². The molecule has 1 atom stereocenters. The lowest BCUT2D eigenvalue weighted by atomic mass is 10.2. The fourth-order valence-electron chi connectivity index (χ4n) is 1.18. The smallest absolute Gasteiger partial charge is 0.343 e. The first-order valence-corrected chi connectivity index (χ1v) is 4.84. The standard InChI is InChI=1S/C9H13NO5/c1-2-3-8(12)14-15-9(13)6-4-5-7(11)10-6/h6H,2-5H2,1H3,(H,10,11)/t6-/m0/s1. The third-order valence-electron chi connectivity index (χ3n) is 1.95. The van der Waals surface area contributed by atoms with Gasteiger partial charge in [-0.1, -0.05) is 6.92 Å². The quantitative estimate of drug-likeness (QED) is 0.532. The molecule has 1 aliphatic heterocycles. The maximum absolute atomic E-state index is 11.2. The second-order valence-corrected chi connectivity index (χ2v) is 3.27. The van der Waals surface area contributed by atoms with Gasteiger partial charge in [0.05, 0.1) is 0 Å². The van der Waals surface area contributed by atoms with Gasteiger partial charge in [0.1, 0.15) is 6.04 Å². The van der Waals surface area contributed by atoms with E-state index in [1.165, 1.54) is 0 Å². The van der Waals surface area contributed by atoms with E-state index in [0.29, 0.717) is 19.3 Å². The molecule has 0 spiro atoms. The molecular formula is C9H13NO5. The minimum absolute atomic E-state index is 0.197. The lowest BCUT2D eigenvalue weighted by molar-refractivity contribution is -0.260. The van der Waals surface area contributed by atoms with E-state index in [4.69, 9.17) is 0 Å². The maximum Gasteiger partial charge on any atom is 0.377 e. The van der Waals surface area contributed by atoms with Gasteiger partial charge >= 0.3 is 11.9 Å². The van der Waals surface area contributed by atoms with Crippen LogP contribution >= 0.6 is 0 Å². The van der Waals surface area contributed by atoms with Crippen LogP contribution in [0.25, 0.3) is 0 Å². The SMILES string of the molecule is CCCC(=O)OOC(=O)[C@@H]1CCC(=O)N1. The van der Waals surface area contributed by atoms with Gasteiger partial charge in [-0.15, -0.1) is 0 Å². The second kappa shape index (κ2) is 5.33. The Hall–Kier alpha value is -1.59. The Bertz CT molecular complexity index is 276. The van der Waals surface area contributed by atoms with E-state index in [1.54, 1.807) is 6.92 Å². The normalized spacial score (nSPS) is 19.5. The van der Waals surface area contributed by atoms with E-state index in [-0.39, 0.29) is 12.3 Å². The molecular weight excluding hydrogens is 202 g/mol. The van der Waals surface area contributed by atoms with Crippen LogP contribution in [-0.2, 0) is 24.2 Å². The Morgan fingerprint density at radius 1 is 1.47 bits per heavy atom. The van der Waals surface area contributed by atoms with Crippen molar-refractivity contribution in [3.8, 4) is 0 Å². The van der Waals surface area contributed by atoms with Crippen molar-refractivity contribution in [1.29, 1.82) is 0 Å². The first-order valence-electron chi connectivity index (χ1n) is 4.84. The van der Waals surface area contributed by atoms with Crippen LogP contribution in [0.15, 0.2) is 0 Å². The summed E-state index contributed by atoms with van der Waals surface area (Å²) in [6.07, 6.45) is 1.49. The van der Waals surface area contributed by atoms with Gasteiger partial charge in [-0.05, 0) is 12.8 Å². The first-order chi connectivity index (χ1) is 7.13. The largest absolute Gasteiger partial charge is 0.377 e. The first kappa shape index (κ1) is 11.5. The topological polar surface area (TPSA) is 81.7 Å². The Balaban J connectivity index is 2.24. The van der Waals surface area contributed by atoms with Crippen LogP contribution in [0, 0.1) is 0 Å². The van der Waals surface area contributed by atoms with Crippen LogP contribution in [0.5, 0.6) is 0 Å². The molecule has 0 aromatic rings. The Morgan fingerprint density at radius 2 is 2.20 bits per heavy atom. The Labute approximate surface area is 86.8 Å². The molecule has 1 rings (SSSR count). The fourth-order valence-corrected chi connectivity index (χ4v) is 1.18. The monoisotopic (exact) mass is 215 g/mol. The zero-order valence-electron chi connectivity index (χ0n) is 8.45. The third-order valence-corrected chi connectivity index (χ3v) is 1.95. The highest BCUT2D eigenvalue weighted by atomic mass is 17.2. The molecule has 0 aliphatic carbocycles. The molecule has 15 heavy (non-hydrogen) atoms. The van der Waals surface area contributed by atoms with Crippen molar-refractivity contribution in [2.45, 2.75) is 38.6 Å². The van der Waals surface area contributed by atoms with E-state index in [0.717, 1.165) is 0 Å². The van der Waals surface area contributed by atoms with Crippen LogP contribution < -0.4 is 5.32 Å². The number of carbonyl (C=O) groups excluding carboxylic acids is 3. The number of nitrogens with one attached hydrogen (secondary N) is 1. The molecule has 0 unspecified atom stereocenters. The lowest BCUT2D eigenvalue weighted by Gasteiger charge is -2.07. The van der Waals surface area contributed by atoms with Crippen molar-refractivity contribution in [3.05, 3.63) is 0 Å². The highest BCUT2D eigenvalue weighted by molar-refractivity contribution is 5.88. The minimum atomic E-state index is -0.731. The fraction of sp³-hybridized carbons (Fsp3) is 0.667. The zero-order chi connectivity index (χ0) is 11.3. The van der Waals surface area contributed by atoms with Gasteiger partial charge in [0.25, 0.3) is 0 Å². The molecule has 1 aliphatic rings. The molecule has 6 nitrogen and oxygen atoms in total. The van der Waals surface area contributed by atoms with E-state index < -0.39 is 18.0 Å². The summed E-state index contributed by atoms with van der Waals surface area (Å²) in [6, 6.07) is -0.688. The molecule has 1 heterocycles. The Morgan fingerprint density at radius 3 is 2.73 bits per heavy atom. The van der Waals surface area contributed by atoms with Crippen molar-refractivity contribution >= 4 is 17.8 Å². The summed E-state index contributed by atoms with van der Waals surface area (Å²) in [6.45, 7) is 1.81. The molecule has 6 heteroatoms. The van der Waals surface area contributed by atoms with Crippen molar-refractivity contribution in [2.24, 2.45) is 0 Å². The second-order valence-electron chi connectivity index (χ2n) is 3.27. The third kappa shape index (κ3) is 3.57. The molecule has 0 saturated carbocycles. The number of hydrogen-bond acceptors (Lipinski definition) is 5. The van der Waals surface area contributed by atoms with Crippen LogP contribution in [0.1, 0.15) is 32.6 Å². The van der Waals surface area contributed by atoms with Gasteiger partial charge in [-0.2, -0.15) is 0 Å². The lowest BCUT2D eigenvalue weighted by Crippen LogP contribution is -2.34. The highest BCUT2D eigenvalue weighted by Crippen LogP contribution is 2.08. The minimum Gasteiger partial charge on any atom is -0.343 e. The molecule has 84 valence electrons.